The Labute approximate surface area is 207 Å². The van der Waals surface area contributed by atoms with Crippen LogP contribution >= 0.6 is 11.3 Å². The molecular weight excluding hydrogens is 444 g/mol. The molecule has 0 radical (unpaired) electrons. The number of carbonyl (C=O) groups excluding carboxylic acids is 1. The van der Waals surface area contributed by atoms with Gasteiger partial charge in [-0.2, -0.15) is 5.26 Å². The van der Waals surface area contributed by atoms with Crippen LogP contribution in [-0.2, 0) is 17.6 Å². The molecule has 1 aliphatic heterocycles. The predicted molar refractivity (Wildman–Crippen MR) is 139 cm³/mol. The van der Waals surface area contributed by atoms with E-state index in [-0.39, 0.29) is 5.91 Å². The van der Waals surface area contributed by atoms with E-state index in [1.807, 2.05) is 12.1 Å². The summed E-state index contributed by atoms with van der Waals surface area (Å²) in [5, 5.41) is 13.6. The first kappa shape index (κ1) is 24.6. The molecule has 6 nitrogen and oxygen atoms in total. The average molecular weight is 481 g/mol. The van der Waals surface area contributed by atoms with Gasteiger partial charge < -0.3 is 15.0 Å². The van der Waals surface area contributed by atoms with Crippen LogP contribution in [0.4, 0.5) is 10.7 Å². The molecule has 1 N–H and O–H groups in total. The highest BCUT2D eigenvalue weighted by molar-refractivity contribution is 7.16. The van der Waals surface area contributed by atoms with E-state index in [1.54, 1.807) is 18.4 Å². The second kappa shape index (κ2) is 10.4. The van der Waals surface area contributed by atoms with E-state index < -0.39 is 0 Å². The van der Waals surface area contributed by atoms with Gasteiger partial charge >= 0.3 is 0 Å². The van der Waals surface area contributed by atoms with E-state index in [0.29, 0.717) is 23.4 Å². The van der Waals surface area contributed by atoms with Crippen LogP contribution in [0.2, 0.25) is 0 Å². The van der Waals surface area contributed by atoms with Crippen molar-refractivity contribution in [3.63, 3.8) is 0 Å². The van der Waals surface area contributed by atoms with Crippen LogP contribution in [-0.4, -0.2) is 50.6 Å². The van der Waals surface area contributed by atoms with Gasteiger partial charge in [0.1, 0.15) is 16.8 Å². The van der Waals surface area contributed by atoms with E-state index in [2.05, 4.69) is 54.1 Å². The quantitative estimate of drug-likeness (QED) is 0.609. The van der Waals surface area contributed by atoms with Crippen molar-refractivity contribution >= 4 is 27.9 Å². The minimum Gasteiger partial charge on any atom is -0.497 e. The van der Waals surface area contributed by atoms with Crippen LogP contribution in [0, 0.1) is 22.7 Å². The van der Waals surface area contributed by atoms with Crippen LogP contribution in [0.25, 0.3) is 0 Å². The molecule has 1 unspecified atom stereocenters. The van der Waals surface area contributed by atoms with Gasteiger partial charge in [0.2, 0.25) is 5.91 Å². The number of hydrogen-bond acceptors (Lipinski definition) is 6. The van der Waals surface area contributed by atoms with Crippen LogP contribution in [0.1, 0.15) is 49.6 Å². The average Bonchev–Trinajstić information content (AvgIpc) is 3.20. The summed E-state index contributed by atoms with van der Waals surface area (Å²) in [7, 11) is 1.67. The van der Waals surface area contributed by atoms with Crippen molar-refractivity contribution in [2.45, 2.75) is 46.5 Å². The maximum Gasteiger partial charge on any atom is 0.239 e. The number of hydrogen-bond donors (Lipinski definition) is 1. The van der Waals surface area contributed by atoms with Crippen LogP contribution in [0.3, 0.4) is 0 Å². The van der Waals surface area contributed by atoms with Gasteiger partial charge in [0, 0.05) is 36.7 Å². The molecule has 1 aromatic carbocycles. The first-order valence-electron chi connectivity index (χ1n) is 12.3. The standard InChI is InChI=1S/C27H36N4O2S/c1-5-27(2,3)19-6-11-22-23(17-28)26(34-24(22)16-19)29-25(32)18-30-12-14-31(15-13-30)20-7-9-21(33-4)10-8-20/h7-10,19H,5-6,11-16,18H2,1-4H3,(H,29,32). The molecule has 1 amide bonds. The zero-order valence-electron chi connectivity index (χ0n) is 20.8. The lowest BCUT2D eigenvalue weighted by Gasteiger charge is -2.36. The molecule has 1 aliphatic carbocycles. The molecule has 1 fully saturated rings. The molecule has 182 valence electrons. The molecule has 0 bridgehead atoms. The third-order valence-corrected chi connectivity index (χ3v) is 8.99. The zero-order valence-corrected chi connectivity index (χ0v) is 21.6. The first-order valence-corrected chi connectivity index (χ1v) is 13.1. The van der Waals surface area contributed by atoms with Gasteiger partial charge in [-0.3, -0.25) is 9.69 Å². The molecule has 4 rings (SSSR count). The monoisotopic (exact) mass is 480 g/mol. The molecule has 2 aromatic rings. The number of nitrogens with one attached hydrogen (secondary N) is 1. The van der Waals surface area contributed by atoms with Gasteiger partial charge in [-0.05, 0) is 60.4 Å². The molecule has 1 atom stereocenters. The Morgan fingerprint density at radius 1 is 1.24 bits per heavy atom. The molecule has 2 aliphatic rings. The second-order valence-electron chi connectivity index (χ2n) is 10.1. The van der Waals surface area contributed by atoms with Gasteiger partial charge in [0.25, 0.3) is 0 Å². The highest BCUT2D eigenvalue weighted by atomic mass is 32.1. The molecule has 0 spiro atoms. The SMILES string of the molecule is CCC(C)(C)C1CCc2c(sc(NC(=O)CN3CCN(c4ccc(OC)cc4)CC3)c2C#N)C1. The molecule has 1 aromatic heterocycles. The van der Waals surface area contributed by atoms with Crippen LogP contribution < -0.4 is 15.0 Å². The number of methoxy groups -OCH3 is 1. The molecule has 0 saturated carbocycles. The number of thiophene rings is 1. The molecule has 34 heavy (non-hydrogen) atoms. The number of nitriles is 1. The molecule has 7 heteroatoms. The number of rotatable bonds is 7. The van der Waals surface area contributed by atoms with Crippen LogP contribution in [0.5, 0.6) is 5.75 Å². The van der Waals surface area contributed by atoms with E-state index >= 15 is 0 Å². The zero-order chi connectivity index (χ0) is 24.3. The molecule has 1 saturated heterocycles. The largest absolute Gasteiger partial charge is 0.497 e. The summed E-state index contributed by atoms with van der Waals surface area (Å²) in [4.78, 5) is 18.7. The Bertz CT molecular complexity index is 1050. The highest BCUT2D eigenvalue weighted by Crippen LogP contribution is 2.45. The summed E-state index contributed by atoms with van der Waals surface area (Å²) in [6.45, 7) is 10.7. The van der Waals surface area contributed by atoms with Crippen molar-refractivity contribution in [1.82, 2.24) is 4.90 Å². The minimum atomic E-state index is -0.0292. The van der Waals surface area contributed by atoms with E-state index in [4.69, 9.17) is 4.74 Å². The number of nitrogens with zero attached hydrogens (tertiary/aromatic N) is 3. The Morgan fingerprint density at radius 2 is 1.94 bits per heavy atom. The predicted octanol–water partition coefficient (Wildman–Crippen LogP) is 4.93. The number of amides is 1. The number of carbonyl (C=O) groups is 1. The summed E-state index contributed by atoms with van der Waals surface area (Å²) < 4.78 is 5.24. The highest BCUT2D eigenvalue weighted by Gasteiger charge is 2.34. The number of fused-ring (bicyclic) bond motifs is 1. The number of benzene rings is 1. The Balaban J connectivity index is 1.34. The molecule has 2 heterocycles. The van der Waals surface area contributed by atoms with Crippen molar-refractivity contribution in [2.75, 3.05) is 50.1 Å². The van der Waals surface area contributed by atoms with Gasteiger partial charge in [-0.1, -0.05) is 27.2 Å². The van der Waals surface area contributed by atoms with Crippen molar-refractivity contribution in [3.8, 4) is 11.8 Å². The summed E-state index contributed by atoms with van der Waals surface area (Å²) in [5.41, 5.74) is 3.33. The van der Waals surface area contributed by atoms with Gasteiger partial charge in [-0.15, -0.1) is 11.3 Å². The first-order chi connectivity index (χ1) is 16.3. The fourth-order valence-corrected chi connectivity index (χ4v) is 6.37. The van der Waals surface area contributed by atoms with E-state index in [0.717, 1.165) is 62.6 Å². The third kappa shape index (κ3) is 5.24. The fourth-order valence-electron chi connectivity index (χ4n) is 5.07. The molecular formula is C27H36N4O2S. The maximum absolute atomic E-state index is 12.9. The maximum atomic E-state index is 12.9. The third-order valence-electron chi connectivity index (χ3n) is 7.82. The van der Waals surface area contributed by atoms with Crippen molar-refractivity contribution in [2.24, 2.45) is 11.3 Å². The number of ether oxygens (including phenoxy) is 1. The van der Waals surface area contributed by atoms with Crippen molar-refractivity contribution < 1.29 is 9.53 Å². The van der Waals surface area contributed by atoms with E-state index in [1.165, 1.54) is 16.1 Å². The summed E-state index contributed by atoms with van der Waals surface area (Å²) in [6, 6.07) is 10.5. The van der Waals surface area contributed by atoms with Crippen molar-refractivity contribution in [1.29, 1.82) is 5.26 Å². The lowest BCUT2D eigenvalue weighted by atomic mass is 9.69. The second-order valence-corrected chi connectivity index (χ2v) is 11.2. The fraction of sp³-hybridized carbons (Fsp3) is 0.556. The lowest BCUT2D eigenvalue weighted by Crippen LogP contribution is -2.48. The van der Waals surface area contributed by atoms with Gasteiger partial charge in [-0.25, -0.2) is 0 Å². The lowest BCUT2D eigenvalue weighted by molar-refractivity contribution is -0.117. The van der Waals surface area contributed by atoms with Gasteiger partial charge in [0.15, 0.2) is 0 Å². The Kier molecular flexibility index (Phi) is 7.49. The number of anilines is 2. The normalized spacial score (nSPS) is 18.8. The van der Waals surface area contributed by atoms with Crippen molar-refractivity contribution in [3.05, 3.63) is 40.3 Å². The number of piperazine rings is 1. The van der Waals surface area contributed by atoms with Gasteiger partial charge in [0.05, 0.1) is 19.2 Å². The van der Waals surface area contributed by atoms with E-state index in [9.17, 15) is 10.1 Å². The Hall–Kier alpha value is -2.56. The summed E-state index contributed by atoms with van der Waals surface area (Å²) in [5.74, 6) is 1.45. The topological polar surface area (TPSA) is 68.6 Å². The summed E-state index contributed by atoms with van der Waals surface area (Å²) in [6.07, 6.45) is 4.22. The minimum absolute atomic E-state index is 0.0292. The summed E-state index contributed by atoms with van der Waals surface area (Å²) >= 11 is 1.62. The van der Waals surface area contributed by atoms with Crippen LogP contribution in [0.15, 0.2) is 24.3 Å². The Morgan fingerprint density at radius 3 is 2.56 bits per heavy atom. The smallest absolute Gasteiger partial charge is 0.239 e.